The van der Waals surface area contributed by atoms with Gasteiger partial charge < -0.3 is 5.32 Å². The summed E-state index contributed by atoms with van der Waals surface area (Å²) < 4.78 is 52.9. The molecule has 0 atom stereocenters. The molecule has 162 valence electrons. The third-order valence-electron chi connectivity index (χ3n) is 5.01. The zero-order valence-electron chi connectivity index (χ0n) is 16.7. The second-order valence-corrected chi connectivity index (χ2v) is 10.9. The second-order valence-electron chi connectivity index (χ2n) is 7.03. The van der Waals surface area contributed by atoms with Crippen LogP contribution in [0.5, 0.6) is 0 Å². The highest BCUT2D eigenvalue weighted by molar-refractivity contribution is 7.89. The van der Waals surface area contributed by atoms with Gasteiger partial charge in [0.2, 0.25) is 20.0 Å². The molecule has 2 aromatic carbocycles. The molecule has 1 saturated heterocycles. The Balaban J connectivity index is 1.70. The van der Waals surface area contributed by atoms with Crippen molar-refractivity contribution < 1.29 is 21.6 Å². The number of hydrogen-bond donors (Lipinski definition) is 2. The molecule has 0 aliphatic carbocycles. The predicted octanol–water partition coefficient (Wildman–Crippen LogP) is 2.41. The molecule has 1 heterocycles. The van der Waals surface area contributed by atoms with Crippen LogP contribution >= 0.6 is 0 Å². The van der Waals surface area contributed by atoms with Crippen LogP contribution in [0.3, 0.4) is 0 Å². The molecule has 0 bridgehead atoms. The normalized spacial score (nSPS) is 16.0. The van der Waals surface area contributed by atoms with Crippen molar-refractivity contribution in [3.8, 4) is 0 Å². The van der Waals surface area contributed by atoms with Gasteiger partial charge in [-0.15, -0.1) is 0 Å². The average molecular weight is 452 g/mol. The molecule has 0 aromatic heterocycles. The standard InChI is InChI=1S/C20H25N3O5S2/c1-21-29(25,26)18-12-8-17(9-13-18)22-20(24)16-6-10-19(11-7-16)30(27,28)23-14-4-2-3-5-15-23/h6-13,21H,2-5,14-15H2,1H3,(H,22,24). The van der Waals surface area contributed by atoms with Crippen molar-refractivity contribution >= 4 is 31.6 Å². The maximum absolute atomic E-state index is 12.8. The van der Waals surface area contributed by atoms with Gasteiger partial charge in [-0.3, -0.25) is 4.79 Å². The SMILES string of the molecule is CNS(=O)(=O)c1ccc(NC(=O)c2ccc(S(=O)(=O)N3CCCCCC3)cc2)cc1. The smallest absolute Gasteiger partial charge is 0.255 e. The van der Waals surface area contributed by atoms with E-state index in [1.54, 1.807) is 0 Å². The lowest BCUT2D eigenvalue weighted by Crippen LogP contribution is -2.31. The lowest BCUT2D eigenvalue weighted by molar-refractivity contribution is 0.102. The Morgan fingerprint density at radius 1 is 0.800 bits per heavy atom. The topological polar surface area (TPSA) is 113 Å². The predicted molar refractivity (Wildman–Crippen MR) is 114 cm³/mol. The molecule has 0 unspecified atom stereocenters. The van der Waals surface area contributed by atoms with Gasteiger partial charge in [0.15, 0.2) is 0 Å². The van der Waals surface area contributed by atoms with E-state index in [0.29, 0.717) is 24.3 Å². The van der Waals surface area contributed by atoms with Gasteiger partial charge in [0.1, 0.15) is 0 Å². The Morgan fingerprint density at radius 3 is 1.87 bits per heavy atom. The number of anilines is 1. The summed E-state index contributed by atoms with van der Waals surface area (Å²) in [5.74, 6) is -0.419. The Morgan fingerprint density at radius 2 is 1.33 bits per heavy atom. The Kier molecular flexibility index (Phi) is 6.91. The number of carbonyl (C=O) groups excluding carboxylic acids is 1. The van der Waals surface area contributed by atoms with E-state index in [2.05, 4.69) is 10.0 Å². The Bertz CT molecular complexity index is 1090. The minimum atomic E-state index is -3.57. The molecule has 1 aliphatic rings. The van der Waals surface area contributed by atoms with Crippen molar-refractivity contribution in [2.24, 2.45) is 0 Å². The van der Waals surface area contributed by atoms with Crippen LogP contribution in [0, 0.1) is 0 Å². The summed E-state index contributed by atoms with van der Waals surface area (Å²) in [4.78, 5) is 12.7. The largest absolute Gasteiger partial charge is 0.322 e. The zero-order chi connectivity index (χ0) is 21.8. The van der Waals surface area contributed by atoms with Gasteiger partial charge in [-0.2, -0.15) is 4.31 Å². The molecule has 1 aliphatic heterocycles. The fourth-order valence-corrected chi connectivity index (χ4v) is 5.50. The van der Waals surface area contributed by atoms with Crippen LogP contribution in [0.15, 0.2) is 58.3 Å². The second kappa shape index (κ2) is 9.25. The van der Waals surface area contributed by atoms with Gasteiger partial charge in [0.05, 0.1) is 9.79 Å². The van der Waals surface area contributed by atoms with Crippen LogP contribution in [-0.4, -0.2) is 47.2 Å². The maximum Gasteiger partial charge on any atom is 0.255 e. The highest BCUT2D eigenvalue weighted by atomic mass is 32.2. The quantitative estimate of drug-likeness (QED) is 0.700. The number of nitrogens with zero attached hydrogens (tertiary/aromatic N) is 1. The summed E-state index contributed by atoms with van der Waals surface area (Å²) in [7, 11) is -5.80. The van der Waals surface area contributed by atoms with Gasteiger partial charge in [0.25, 0.3) is 5.91 Å². The van der Waals surface area contributed by atoms with Crippen molar-refractivity contribution in [1.82, 2.24) is 9.03 Å². The average Bonchev–Trinajstić information content (AvgIpc) is 3.04. The lowest BCUT2D eigenvalue weighted by Gasteiger charge is -2.20. The summed E-state index contributed by atoms with van der Waals surface area (Å²) in [5, 5.41) is 2.67. The van der Waals surface area contributed by atoms with Gasteiger partial charge in [-0.1, -0.05) is 12.8 Å². The van der Waals surface area contributed by atoms with E-state index in [-0.39, 0.29) is 9.79 Å². The van der Waals surface area contributed by atoms with Crippen molar-refractivity contribution in [2.75, 3.05) is 25.5 Å². The van der Waals surface area contributed by atoms with Crippen molar-refractivity contribution in [3.63, 3.8) is 0 Å². The minimum absolute atomic E-state index is 0.0890. The maximum atomic E-state index is 12.8. The van der Waals surface area contributed by atoms with E-state index in [0.717, 1.165) is 25.7 Å². The first-order valence-electron chi connectivity index (χ1n) is 9.69. The molecular weight excluding hydrogens is 426 g/mol. The first-order valence-corrected chi connectivity index (χ1v) is 12.6. The third kappa shape index (κ3) is 5.07. The van der Waals surface area contributed by atoms with Crippen LogP contribution in [0.4, 0.5) is 5.69 Å². The van der Waals surface area contributed by atoms with Crippen LogP contribution < -0.4 is 10.0 Å². The number of rotatable bonds is 6. The van der Waals surface area contributed by atoms with E-state index in [1.165, 1.54) is 59.9 Å². The lowest BCUT2D eigenvalue weighted by atomic mass is 10.2. The van der Waals surface area contributed by atoms with E-state index < -0.39 is 26.0 Å². The molecule has 3 rings (SSSR count). The molecule has 0 saturated carbocycles. The minimum Gasteiger partial charge on any atom is -0.322 e. The number of nitrogens with one attached hydrogen (secondary N) is 2. The molecule has 1 fully saturated rings. The molecule has 8 nitrogen and oxygen atoms in total. The van der Waals surface area contributed by atoms with Gasteiger partial charge in [-0.25, -0.2) is 21.6 Å². The van der Waals surface area contributed by atoms with Crippen molar-refractivity contribution in [1.29, 1.82) is 0 Å². The van der Waals surface area contributed by atoms with E-state index >= 15 is 0 Å². The molecule has 10 heteroatoms. The van der Waals surface area contributed by atoms with E-state index in [4.69, 9.17) is 0 Å². The Labute approximate surface area is 177 Å². The summed E-state index contributed by atoms with van der Waals surface area (Å²) >= 11 is 0. The number of carbonyl (C=O) groups is 1. The molecular formula is C20H25N3O5S2. The highest BCUT2D eigenvalue weighted by Gasteiger charge is 2.25. The molecule has 30 heavy (non-hydrogen) atoms. The van der Waals surface area contributed by atoms with E-state index in [1.807, 2.05) is 0 Å². The number of sulfonamides is 2. The third-order valence-corrected chi connectivity index (χ3v) is 8.35. The number of benzene rings is 2. The van der Waals surface area contributed by atoms with Gasteiger partial charge in [0, 0.05) is 24.3 Å². The molecule has 1 amide bonds. The Hall–Kier alpha value is -2.27. The van der Waals surface area contributed by atoms with Crippen LogP contribution in [0.1, 0.15) is 36.0 Å². The number of amides is 1. The first-order chi connectivity index (χ1) is 14.2. The van der Waals surface area contributed by atoms with E-state index in [9.17, 15) is 21.6 Å². The van der Waals surface area contributed by atoms with Crippen LogP contribution in [-0.2, 0) is 20.0 Å². The fraction of sp³-hybridized carbons (Fsp3) is 0.350. The monoisotopic (exact) mass is 451 g/mol. The summed E-state index contributed by atoms with van der Waals surface area (Å²) in [6.45, 7) is 1.04. The van der Waals surface area contributed by atoms with Crippen LogP contribution in [0.2, 0.25) is 0 Å². The first kappa shape index (κ1) is 22.4. The van der Waals surface area contributed by atoms with Crippen molar-refractivity contribution in [2.45, 2.75) is 35.5 Å². The fourth-order valence-electron chi connectivity index (χ4n) is 3.25. The van der Waals surface area contributed by atoms with Crippen molar-refractivity contribution in [3.05, 3.63) is 54.1 Å². The highest BCUT2D eigenvalue weighted by Crippen LogP contribution is 2.21. The van der Waals surface area contributed by atoms with Gasteiger partial charge in [-0.05, 0) is 68.4 Å². The van der Waals surface area contributed by atoms with Crippen LogP contribution in [0.25, 0.3) is 0 Å². The summed E-state index contributed by atoms with van der Waals surface area (Å²) in [6, 6.07) is 11.6. The zero-order valence-corrected chi connectivity index (χ0v) is 18.3. The number of hydrogen-bond acceptors (Lipinski definition) is 5. The summed E-state index contributed by atoms with van der Waals surface area (Å²) in [6.07, 6.45) is 3.78. The molecule has 2 aromatic rings. The molecule has 0 radical (unpaired) electrons. The molecule has 2 N–H and O–H groups in total. The molecule has 0 spiro atoms. The van der Waals surface area contributed by atoms with Gasteiger partial charge >= 0.3 is 0 Å². The summed E-state index contributed by atoms with van der Waals surface area (Å²) in [5.41, 5.74) is 0.730.